The molecule has 1 aliphatic rings. The molecule has 1 N–H and O–H groups in total. The average Bonchev–Trinajstić information content (AvgIpc) is 2.46. The molecular formula is C16H14Cl3NO. The molecule has 0 radical (unpaired) electrons. The van der Waals surface area contributed by atoms with E-state index in [1.54, 1.807) is 6.07 Å². The van der Waals surface area contributed by atoms with Crippen molar-refractivity contribution >= 4 is 34.8 Å². The minimum Gasteiger partial charge on any atom is -0.485 e. The molecular weight excluding hydrogens is 329 g/mol. The number of hydrogen-bond acceptors (Lipinski definition) is 2. The molecule has 2 aromatic carbocycles. The summed E-state index contributed by atoms with van der Waals surface area (Å²) in [5, 5.41) is 5.27. The minimum atomic E-state index is -0.110. The molecule has 5 heteroatoms. The Morgan fingerprint density at radius 2 is 1.71 bits per heavy atom. The Morgan fingerprint density at radius 3 is 2.43 bits per heavy atom. The van der Waals surface area contributed by atoms with Crippen LogP contribution in [0, 0.1) is 0 Å². The van der Waals surface area contributed by atoms with Gasteiger partial charge >= 0.3 is 0 Å². The maximum atomic E-state index is 6.30. The van der Waals surface area contributed by atoms with Crippen LogP contribution in [0.2, 0.25) is 15.1 Å². The molecule has 0 bridgehead atoms. The third-order valence-electron chi connectivity index (χ3n) is 3.72. The van der Waals surface area contributed by atoms with Crippen molar-refractivity contribution < 1.29 is 4.74 Å². The first-order valence-corrected chi connectivity index (χ1v) is 7.80. The van der Waals surface area contributed by atoms with E-state index in [2.05, 4.69) is 5.32 Å². The standard InChI is InChI=1S/C16H14Cl3NO/c1-20-14-8-16(11-4-2-10(18)7-13(11)19)21-15-5-3-9(17)6-12(14)15/h2-7,14,16,20H,8H2,1H3. The summed E-state index contributed by atoms with van der Waals surface area (Å²) in [4.78, 5) is 0. The molecule has 0 spiro atoms. The van der Waals surface area contributed by atoms with Gasteiger partial charge in [0.05, 0.1) is 0 Å². The zero-order valence-corrected chi connectivity index (χ0v) is 13.6. The second-order valence-electron chi connectivity index (χ2n) is 5.03. The highest BCUT2D eigenvalue weighted by atomic mass is 35.5. The van der Waals surface area contributed by atoms with Crippen LogP contribution in [0.1, 0.15) is 29.7 Å². The molecule has 110 valence electrons. The molecule has 21 heavy (non-hydrogen) atoms. The second-order valence-corrected chi connectivity index (χ2v) is 6.31. The van der Waals surface area contributed by atoms with Crippen molar-refractivity contribution in [2.45, 2.75) is 18.6 Å². The number of halogens is 3. The summed E-state index contributed by atoms with van der Waals surface area (Å²) < 4.78 is 6.10. The second kappa shape index (κ2) is 6.05. The quantitative estimate of drug-likeness (QED) is 0.785. The van der Waals surface area contributed by atoms with Gasteiger partial charge in [-0.1, -0.05) is 40.9 Å². The van der Waals surface area contributed by atoms with Gasteiger partial charge in [0, 0.05) is 38.7 Å². The Morgan fingerprint density at radius 1 is 1.00 bits per heavy atom. The fraction of sp³-hybridized carbons (Fsp3) is 0.250. The van der Waals surface area contributed by atoms with Crippen molar-refractivity contribution in [1.82, 2.24) is 5.32 Å². The van der Waals surface area contributed by atoms with Gasteiger partial charge < -0.3 is 10.1 Å². The SMILES string of the molecule is CNC1CC(c2ccc(Cl)cc2Cl)Oc2ccc(Cl)cc21. The van der Waals surface area contributed by atoms with Gasteiger partial charge in [-0.05, 0) is 37.4 Å². The normalized spacial score (nSPS) is 20.8. The minimum absolute atomic E-state index is 0.110. The molecule has 2 nitrogen and oxygen atoms in total. The van der Waals surface area contributed by atoms with Crippen molar-refractivity contribution in [2.75, 3.05) is 7.05 Å². The number of nitrogens with one attached hydrogen (secondary N) is 1. The van der Waals surface area contributed by atoms with Crippen LogP contribution >= 0.6 is 34.8 Å². The lowest BCUT2D eigenvalue weighted by Gasteiger charge is -2.33. The summed E-state index contributed by atoms with van der Waals surface area (Å²) in [7, 11) is 1.93. The van der Waals surface area contributed by atoms with E-state index in [0.29, 0.717) is 15.1 Å². The van der Waals surface area contributed by atoms with Gasteiger partial charge in [0.2, 0.25) is 0 Å². The summed E-state index contributed by atoms with van der Waals surface area (Å²) in [6.45, 7) is 0. The highest BCUT2D eigenvalue weighted by Gasteiger charge is 2.29. The third-order valence-corrected chi connectivity index (χ3v) is 4.52. The first kappa shape index (κ1) is 15.0. The maximum absolute atomic E-state index is 6.30. The van der Waals surface area contributed by atoms with Gasteiger partial charge in [0.1, 0.15) is 11.9 Å². The van der Waals surface area contributed by atoms with Gasteiger partial charge in [-0.3, -0.25) is 0 Å². The first-order valence-electron chi connectivity index (χ1n) is 6.67. The van der Waals surface area contributed by atoms with Crippen molar-refractivity contribution in [2.24, 2.45) is 0 Å². The summed E-state index contributed by atoms with van der Waals surface area (Å²) in [6.07, 6.45) is 0.673. The van der Waals surface area contributed by atoms with E-state index in [1.165, 1.54) is 0 Å². The van der Waals surface area contributed by atoms with Crippen molar-refractivity contribution in [3.63, 3.8) is 0 Å². The molecule has 0 aliphatic carbocycles. The smallest absolute Gasteiger partial charge is 0.127 e. The first-order chi connectivity index (χ1) is 10.1. The Balaban J connectivity index is 1.98. The third kappa shape index (κ3) is 3.00. The van der Waals surface area contributed by atoms with Gasteiger partial charge in [-0.2, -0.15) is 0 Å². The highest BCUT2D eigenvalue weighted by Crippen LogP contribution is 2.43. The summed E-state index contributed by atoms with van der Waals surface area (Å²) in [5.41, 5.74) is 2.02. The molecule has 0 aromatic heterocycles. The van der Waals surface area contributed by atoms with E-state index < -0.39 is 0 Å². The number of ether oxygens (including phenoxy) is 1. The lowest BCUT2D eigenvalue weighted by Crippen LogP contribution is -2.26. The molecule has 0 saturated carbocycles. The van der Waals surface area contributed by atoms with E-state index in [0.717, 1.165) is 23.3 Å². The molecule has 1 heterocycles. The van der Waals surface area contributed by atoms with E-state index in [9.17, 15) is 0 Å². The van der Waals surface area contributed by atoms with E-state index in [-0.39, 0.29) is 12.1 Å². The largest absolute Gasteiger partial charge is 0.485 e. The predicted octanol–water partition coefficient (Wildman–Crippen LogP) is 5.43. The molecule has 0 saturated heterocycles. The molecule has 2 atom stereocenters. The Labute approximate surface area is 139 Å². The van der Waals surface area contributed by atoms with Crippen LogP contribution < -0.4 is 10.1 Å². The van der Waals surface area contributed by atoms with Crippen LogP contribution in [-0.4, -0.2) is 7.05 Å². The van der Waals surface area contributed by atoms with Crippen molar-refractivity contribution in [3.8, 4) is 5.75 Å². The zero-order valence-electron chi connectivity index (χ0n) is 11.4. The molecule has 0 fully saturated rings. The predicted molar refractivity (Wildman–Crippen MR) is 87.7 cm³/mol. The monoisotopic (exact) mass is 341 g/mol. The lowest BCUT2D eigenvalue weighted by atomic mass is 9.93. The van der Waals surface area contributed by atoms with Crippen molar-refractivity contribution in [1.29, 1.82) is 0 Å². The molecule has 2 aromatic rings. The number of rotatable bonds is 2. The maximum Gasteiger partial charge on any atom is 0.127 e. The number of benzene rings is 2. The van der Waals surface area contributed by atoms with E-state index in [1.807, 2.05) is 37.4 Å². The van der Waals surface area contributed by atoms with E-state index >= 15 is 0 Å². The van der Waals surface area contributed by atoms with E-state index in [4.69, 9.17) is 39.5 Å². The fourth-order valence-electron chi connectivity index (χ4n) is 2.67. The topological polar surface area (TPSA) is 21.3 Å². The van der Waals surface area contributed by atoms with Crippen molar-refractivity contribution in [3.05, 3.63) is 62.6 Å². The summed E-state index contributed by atoms with van der Waals surface area (Å²) in [6, 6.07) is 11.3. The zero-order chi connectivity index (χ0) is 15.0. The molecule has 1 aliphatic heterocycles. The fourth-order valence-corrected chi connectivity index (χ4v) is 3.38. The Bertz CT molecular complexity index is 675. The van der Waals surface area contributed by atoms with Crippen LogP contribution in [0.15, 0.2) is 36.4 Å². The molecule has 0 amide bonds. The van der Waals surface area contributed by atoms with Crippen LogP contribution in [0.3, 0.4) is 0 Å². The molecule has 2 unspecified atom stereocenters. The number of hydrogen-bond donors (Lipinski definition) is 1. The summed E-state index contributed by atoms with van der Waals surface area (Å²) >= 11 is 18.3. The molecule has 3 rings (SSSR count). The van der Waals surface area contributed by atoms with Gasteiger partial charge in [-0.25, -0.2) is 0 Å². The van der Waals surface area contributed by atoms with Crippen LogP contribution in [0.4, 0.5) is 0 Å². The summed E-state index contributed by atoms with van der Waals surface area (Å²) in [5.74, 6) is 0.834. The average molecular weight is 343 g/mol. The highest BCUT2D eigenvalue weighted by molar-refractivity contribution is 6.35. The Hall–Kier alpha value is -0.930. The van der Waals surface area contributed by atoms with Gasteiger partial charge in [-0.15, -0.1) is 0 Å². The Kier molecular flexibility index (Phi) is 4.32. The van der Waals surface area contributed by atoms with Crippen LogP contribution in [0.5, 0.6) is 5.75 Å². The number of fused-ring (bicyclic) bond motifs is 1. The van der Waals surface area contributed by atoms with Gasteiger partial charge in [0.15, 0.2) is 0 Å². The van der Waals surface area contributed by atoms with Gasteiger partial charge in [0.25, 0.3) is 0 Å². The van der Waals surface area contributed by atoms with Crippen LogP contribution in [0.25, 0.3) is 0 Å². The van der Waals surface area contributed by atoms with Crippen LogP contribution in [-0.2, 0) is 0 Å². The lowest BCUT2D eigenvalue weighted by molar-refractivity contribution is 0.154.